The molecular formula is C15H19ClN2O. The first-order valence-corrected chi connectivity index (χ1v) is 6.71. The lowest BCUT2D eigenvalue weighted by atomic mass is 9.99. The largest absolute Gasteiger partial charge is 0.388 e. The maximum Gasteiger partial charge on any atom is 0.132 e. The van der Waals surface area contributed by atoms with Gasteiger partial charge in [-0.3, -0.25) is 4.68 Å². The van der Waals surface area contributed by atoms with E-state index in [1.54, 1.807) is 11.7 Å². The summed E-state index contributed by atoms with van der Waals surface area (Å²) >= 11 is 6.17. The summed E-state index contributed by atoms with van der Waals surface area (Å²) in [7, 11) is 1.78. The van der Waals surface area contributed by atoms with E-state index in [0.717, 1.165) is 16.8 Å². The molecule has 4 heteroatoms. The van der Waals surface area contributed by atoms with Crippen molar-refractivity contribution in [3.05, 3.63) is 51.3 Å². The van der Waals surface area contributed by atoms with Gasteiger partial charge in [0.15, 0.2) is 0 Å². The van der Waals surface area contributed by atoms with Crippen LogP contribution in [-0.4, -0.2) is 14.9 Å². The lowest BCUT2D eigenvalue weighted by Crippen LogP contribution is -2.04. The fourth-order valence-electron chi connectivity index (χ4n) is 2.28. The molecule has 0 bridgehead atoms. The second kappa shape index (κ2) is 5.35. The molecule has 2 aromatic rings. The van der Waals surface area contributed by atoms with Gasteiger partial charge < -0.3 is 5.11 Å². The van der Waals surface area contributed by atoms with Crippen LogP contribution in [-0.2, 0) is 13.5 Å². The molecular weight excluding hydrogens is 260 g/mol. The van der Waals surface area contributed by atoms with Crippen molar-refractivity contribution in [1.82, 2.24) is 9.78 Å². The van der Waals surface area contributed by atoms with E-state index < -0.39 is 6.10 Å². The van der Waals surface area contributed by atoms with Crippen molar-refractivity contribution in [3.63, 3.8) is 0 Å². The third kappa shape index (κ3) is 2.82. The van der Waals surface area contributed by atoms with Gasteiger partial charge in [-0.05, 0) is 37.5 Å². The van der Waals surface area contributed by atoms with Gasteiger partial charge in [-0.1, -0.05) is 29.8 Å². The van der Waals surface area contributed by atoms with Gasteiger partial charge in [0, 0.05) is 19.0 Å². The number of hydrogen-bond donors (Lipinski definition) is 1. The van der Waals surface area contributed by atoms with E-state index in [1.807, 2.05) is 13.0 Å². The van der Waals surface area contributed by atoms with E-state index in [0.29, 0.717) is 11.6 Å². The maximum atomic E-state index is 10.4. The number of hydrogen-bond acceptors (Lipinski definition) is 2. The van der Waals surface area contributed by atoms with Crippen LogP contribution < -0.4 is 0 Å². The van der Waals surface area contributed by atoms with Crippen molar-refractivity contribution in [2.75, 3.05) is 0 Å². The summed E-state index contributed by atoms with van der Waals surface area (Å²) in [6.07, 6.45) is -0.0730. The second-order valence-corrected chi connectivity index (χ2v) is 5.41. The highest BCUT2D eigenvalue weighted by Gasteiger charge is 2.19. The molecule has 1 atom stereocenters. The lowest BCUT2D eigenvalue weighted by molar-refractivity contribution is 0.178. The molecule has 1 unspecified atom stereocenters. The number of rotatable bonds is 3. The molecule has 0 fully saturated rings. The second-order valence-electron chi connectivity index (χ2n) is 5.05. The van der Waals surface area contributed by atoms with Crippen LogP contribution in [0.15, 0.2) is 18.2 Å². The highest BCUT2D eigenvalue weighted by molar-refractivity contribution is 6.30. The highest BCUT2D eigenvalue weighted by Crippen LogP contribution is 2.28. The van der Waals surface area contributed by atoms with E-state index in [1.165, 1.54) is 11.1 Å². The minimum absolute atomic E-state index is 0.508. The van der Waals surface area contributed by atoms with Crippen molar-refractivity contribution in [1.29, 1.82) is 0 Å². The third-order valence-corrected chi connectivity index (χ3v) is 3.98. The summed E-state index contributed by atoms with van der Waals surface area (Å²) < 4.78 is 1.59. The molecule has 0 amide bonds. The molecule has 102 valence electrons. The molecule has 1 aromatic heterocycles. The van der Waals surface area contributed by atoms with Crippen LogP contribution in [0.5, 0.6) is 0 Å². The van der Waals surface area contributed by atoms with Crippen LogP contribution in [0.1, 0.15) is 34.1 Å². The van der Waals surface area contributed by atoms with Gasteiger partial charge in [0.25, 0.3) is 0 Å². The molecule has 0 saturated carbocycles. The zero-order valence-electron chi connectivity index (χ0n) is 11.7. The number of halogens is 1. The van der Waals surface area contributed by atoms with Gasteiger partial charge in [-0.15, -0.1) is 0 Å². The van der Waals surface area contributed by atoms with Gasteiger partial charge in [0.1, 0.15) is 5.15 Å². The van der Waals surface area contributed by atoms with Crippen molar-refractivity contribution < 1.29 is 5.11 Å². The zero-order chi connectivity index (χ0) is 14.2. The van der Waals surface area contributed by atoms with Crippen LogP contribution >= 0.6 is 11.6 Å². The summed E-state index contributed by atoms with van der Waals surface area (Å²) in [5, 5.41) is 15.1. The van der Waals surface area contributed by atoms with Crippen LogP contribution in [0.2, 0.25) is 5.15 Å². The van der Waals surface area contributed by atoms with Gasteiger partial charge in [0.05, 0.1) is 11.8 Å². The van der Waals surface area contributed by atoms with Crippen LogP contribution in [0, 0.1) is 20.8 Å². The van der Waals surface area contributed by atoms with Crippen LogP contribution in [0.4, 0.5) is 0 Å². The first kappa shape index (κ1) is 14.1. The van der Waals surface area contributed by atoms with Crippen molar-refractivity contribution in [3.8, 4) is 0 Å². The molecule has 1 aromatic carbocycles. The number of aliphatic hydroxyl groups excluding tert-OH is 1. The smallest absolute Gasteiger partial charge is 0.132 e. The van der Waals surface area contributed by atoms with Gasteiger partial charge in [-0.25, -0.2) is 0 Å². The Balaban J connectivity index is 2.25. The predicted molar refractivity (Wildman–Crippen MR) is 77.5 cm³/mol. The average Bonchev–Trinajstić information content (AvgIpc) is 2.58. The number of aryl methyl sites for hydroxylation is 4. The Hall–Kier alpha value is -1.32. The molecule has 0 aliphatic rings. The molecule has 3 nitrogen and oxygen atoms in total. The highest BCUT2D eigenvalue weighted by atomic mass is 35.5. The van der Waals surface area contributed by atoms with E-state index in [2.05, 4.69) is 31.1 Å². The Bertz CT molecular complexity index is 604. The molecule has 1 heterocycles. The molecule has 2 rings (SSSR count). The first-order valence-electron chi connectivity index (χ1n) is 6.33. The number of aromatic nitrogens is 2. The maximum absolute atomic E-state index is 10.4. The van der Waals surface area contributed by atoms with Crippen molar-refractivity contribution in [2.45, 2.75) is 33.3 Å². The van der Waals surface area contributed by atoms with E-state index in [-0.39, 0.29) is 0 Å². The normalized spacial score (nSPS) is 12.7. The third-order valence-electron chi connectivity index (χ3n) is 3.53. The Morgan fingerprint density at radius 3 is 2.47 bits per heavy atom. The fraction of sp³-hybridized carbons (Fsp3) is 0.400. The number of benzene rings is 1. The average molecular weight is 279 g/mol. The fourth-order valence-corrected chi connectivity index (χ4v) is 2.58. The Morgan fingerprint density at radius 1 is 1.26 bits per heavy atom. The summed E-state index contributed by atoms with van der Waals surface area (Å²) in [5.74, 6) is 0. The zero-order valence-corrected chi connectivity index (χ0v) is 12.5. The van der Waals surface area contributed by atoms with Crippen LogP contribution in [0.3, 0.4) is 0 Å². The first-order chi connectivity index (χ1) is 8.90. The Morgan fingerprint density at radius 2 is 1.95 bits per heavy atom. The number of aliphatic hydroxyl groups is 1. The minimum atomic E-state index is -0.622. The Labute approximate surface area is 118 Å². The lowest BCUT2D eigenvalue weighted by Gasteiger charge is -2.12. The van der Waals surface area contributed by atoms with Gasteiger partial charge in [0.2, 0.25) is 0 Å². The molecule has 0 radical (unpaired) electrons. The summed E-state index contributed by atoms with van der Waals surface area (Å²) in [6, 6.07) is 6.23. The number of nitrogens with zero attached hydrogens (tertiary/aromatic N) is 2. The summed E-state index contributed by atoms with van der Waals surface area (Å²) in [6.45, 7) is 6.02. The van der Waals surface area contributed by atoms with E-state index in [4.69, 9.17) is 11.6 Å². The molecule has 0 spiro atoms. The molecule has 0 aliphatic carbocycles. The van der Waals surface area contributed by atoms with Gasteiger partial charge >= 0.3 is 0 Å². The van der Waals surface area contributed by atoms with Crippen molar-refractivity contribution in [2.24, 2.45) is 7.05 Å². The minimum Gasteiger partial charge on any atom is -0.388 e. The monoisotopic (exact) mass is 278 g/mol. The predicted octanol–water partition coefficient (Wildman–Crippen LogP) is 3.27. The Kier molecular flexibility index (Phi) is 3.97. The summed E-state index contributed by atoms with van der Waals surface area (Å²) in [4.78, 5) is 0. The topological polar surface area (TPSA) is 38.1 Å². The SMILES string of the molecule is Cc1ccc(CC(O)c2c(C)nn(C)c2Cl)cc1C. The van der Waals surface area contributed by atoms with Gasteiger partial charge in [-0.2, -0.15) is 5.10 Å². The summed E-state index contributed by atoms with van der Waals surface area (Å²) in [5.41, 5.74) is 5.11. The van der Waals surface area contributed by atoms with E-state index in [9.17, 15) is 5.11 Å². The molecule has 0 aliphatic heterocycles. The van der Waals surface area contributed by atoms with E-state index >= 15 is 0 Å². The molecule has 19 heavy (non-hydrogen) atoms. The molecule has 0 saturated heterocycles. The quantitative estimate of drug-likeness (QED) is 0.936. The van der Waals surface area contributed by atoms with Crippen molar-refractivity contribution >= 4 is 11.6 Å². The van der Waals surface area contributed by atoms with Crippen LogP contribution in [0.25, 0.3) is 0 Å². The molecule has 1 N–H and O–H groups in total. The standard InChI is InChI=1S/C15H19ClN2O/c1-9-5-6-12(7-10(9)2)8-13(19)14-11(3)17-18(4)15(14)16/h5-7,13,19H,8H2,1-4H3.